The van der Waals surface area contributed by atoms with Gasteiger partial charge in [-0.2, -0.15) is 0 Å². The first-order chi connectivity index (χ1) is 15.2. The molecule has 3 aromatic rings. The van der Waals surface area contributed by atoms with Crippen LogP contribution < -0.4 is 0 Å². The molecule has 0 spiro atoms. The lowest BCUT2D eigenvalue weighted by Gasteiger charge is -2.53. The van der Waals surface area contributed by atoms with Crippen LogP contribution in [0.1, 0.15) is 35.4 Å². The van der Waals surface area contributed by atoms with E-state index in [1.807, 2.05) is 12.1 Å². The molecular formula is C27H27Cl2NO. The van der Waals surface area contributed by atoms with Gasteiger partial charge in [0.25, 0.3) is 0 Å². The van der Waals surface area contributed by atoms with Gasteiger partial charge in [0.15, 0.2) is 0 Å². The minimum atomic E-state index is 0.172. The van der Waals surface area contributed by atoms with E-state index in [0.717, 1.165) is 18.7 Å². The van der Waals surface area contributed by atoms with Crippen LogP contribution >= 0.6 is 23.2 Å². The molecule has 0 aromatic heterocycles. The fourth-order valence-electron chi connectivity index (χ4n) is 5.46. The molecule has 2 nitrogen and oxygen atoms in total. The Bertz CT molecular complexity index is 943. The normalized spacial score (nSPS) is 25.1. The van der Waals surface area contributed by atoms with Gasteiger partial charge >= 0.3 is 0 Å². The van der Waals surface area contributed by atoms with E-state index in [1.54, 1.807) is 6.07 Å². The zero-order chi connectivity index (χ0) is 21.2. The maximum Gasteiger partial charge on any atom is 0.0773 e. The van der Waals surface area contributed by atoms with Crippen molar-refractivity contribution in [3.63, 3.8) is 0 Å². The zero-order valence-electron chi connectivity index (χ0n) is 17.5. The molecule has 0 saturated carbocycles. The molecule has 0 unspecified atom stereocenters. The van der Waals surface area contributed by atoms with Crippen molar-refractivity contribution < 1.29 is 4.74 Å². The van der Waals surface area contributed by atoms with Crippen LogP contribution in [0.5, 0.6) is 0 Å². The number of nitrogens with zero attached hydrogens (tertiary/aromatic N) is 1. The number of halogens is 2. The second-order valence-electron chi connectivity index (χ2n) is 8.72. The highest BCUT2D eigenvalue weighted by Crippen LogP contribution is 2.43. The molecule has 3 saturated heterocycles. The summed E-state index contributed by atoms with van der Waals surface area (Å²) >= 11 is 12.5. The lowest BCUT2D eigenvalue weighted by atomic mass is 9.72. The Morgan fingerprint density at radius 1 is 0.806 bits per heavy atom. The predicted octanol–water partition coefficient (Wildman–Crippen LogP) is 6.80. The Balaban J connectivity index is 1.49. The molecule has 2 atom stereocenters. The van der Waals surface area contributed by atoms with Crippen molar-refractivity contribution in [1.29, 1.82) is 0 Å². The Morgan fingerprint density at radius 2 is 1.35 bits per heavy atom. The fourth-order valence-corrected chi connectivity index (χ4v) is 6.03. The molecule has 6 rings (SSSR count). The van der Waals surface area contributed by atoms with Crippen LogP contribution in [-0.2, 0) is 11.3 Å². The van der Waals surface area contributed by atoms with Gasteiger partial charge < -0.3 is 4.74 Å². The van der Waals surface area contributed by atoms with E-state index in [4.69, 9.17) is 27.9 Å². The number of piperidine rings is 3. The maximum absolute atomic E-state index is 6.69. The minimum Gasteiger partial charge on any atom is -0.372 e. The van der Waals surface area contributed by atoms with E-state index in [-0.39, 0.29) is 12.0 Å². The average Bonchev–Trinajstić information content (AvgIpc) is 2.80. The number of fused-ring (bicyclic) bond motifs is 3. The standard InChI is InChI=1S/C27H27Cl2NO/c28-23-15-19(16-24(29)17-23)18-31-27-22-11-13-30(14-12-22)26(27)25(20-7-3-1-4-8-20)21-9-5-2-6-10-21/h1-10,15-17,22,25-27H,11-14,18H2/t26-,27+/m0/s1. The monoisotopic (exact) mass is 451 g/mol. The average molecular weight is 452 g/mol. The van der Waals surface area contributed by atoms with Gasteiger partial charge in [-0.05, 0) is 66.7 Å². The zero-order valence-corrected chi connectivity index (χ0v) is 19.0. The van der Waals surface area contributed by atoms with Crippen molar-refractivity contribution in [2.24, 2.45) is 5.92 Å². The smallest absolute Gasteiger partial charge is 0.0773 e. The van der Waals surface area contributed by atoms with Crippen LogP contribution in [0.4, 0.5) is 0 Å². The van der Waals surface area contributed by atoms with Gasteiger partial charge in [0.1, 0.15) is 0 Å². The van der Waals surface area contributed by atoms with Gasteiger partial charge in [-0.25, -0.2) is 0 Å². The van der Waals surface area contributed by atoms with Gasteiger partial charge in [0.2, 0.25) is 0 Å². The van der Waals surface area contributed by atoms with Crippen LogP contribution in [0.3, 0.4) is 0 Å². The third-order valence-corrected chi connectivity index (χ3v) is 7.26. The Morgan fingerprint density at radius 3 is 1.90 bits per heavy atom. The van der Waals surface area contributed by atoms with E-state index >= 15 is 0 Å². The molecule has 4 heteroatoms. The minimum absolute atomic E-state index is 0.172. The van der Waals surface area contributed by atoms with Gasteiger partial charge in [-0.3, -0.25) is 4.90 Å². The summed E-state index contributed by atoms with van der Waals surface area (Å²) in [5, 5.41) is 1.31. The van der Waals surface area contributed by atoms with Crippen molar-refractivity contribution in [2.45, 2.75) is 37.5 Å². The van der Waals surface area contributed by atoms with Crippen LogP contribution in [0.25, 0.3) is 0 Å². The molecule has 31 heavy (non-hydrogen) atoms. The fraction of sp³-hybridized carbons (Fsp3) is 0.333. The summed E-state index contributed by atoms with van der Waals surface area (Å²) in [6.45, 7) is 2.82. The van der Waals surface area contributed by atoms with Crippen molar-refractivity contribution >= 4 is 23.2 Å². The van der Waals surface area contributed by atoms with Crippen LogP contribution in [0.2, 0.25) is 10.0 Å². The van der Waals surface area contributed by atoms with Crippen molar-refractivity contribution in [3.05, 3.63) is 106 Å². The topological polar surface area (TPSA) is 12.5 Å². The molecule has 0 N–H and O–H groups in total. The SMILES string of the molecule is Clc1cc(Cl)cc(CO[C@@H]2C3CCN(CC3)[C@H]2C(c2ccccc2)c2ccccc2)c1. The summed E-state index contributed by atoms with van der Waals surface area (Å²) in [7, 11) is 0. The van der Waals surface area contributed by atoms with Gasteiger partial charge in [-0.15, -0.1) is 0 Å². The highest BCUT2D eigenvalue weighted by Gasteiger charge is 2.47. The van der Waals surface area contributed by atoms with Crippen molar-refractivity contribution in [1.82, 2.24) is 4.90 Å². The number of rotatable bonds is 6. The summed E-state index contributed by atoms with van der Waals surface area (Å²) in [6, 6.07) is 27.8. The molecule has 160 valence electrons. The molecular weight excluding hydrogens is 425 g/mol. The van der Waals surface area contributed by atoms with E-state index in [2.05, 4.69) is 65.6 Å². The summed E-state index contributed by atoms with van der Waals surface area (Å²) in [5.41, 5.74) is 3.74. The van der Waals surface area contributed by atoms with Gasteiger partial charge in [-0.1, -0.05) is 83.9 Å². The second kappa shape index (κ2) is 9.34. The van der Waals surface area contributed by atoms with Crippen LogP contribution in [-0.4, -0.2) is 30.1 Å². The first-order valence-corrected chi connectivity index (χ1v) is 11.8. The first kappa shape index (κ1) is 21.0. The summed E-state index contributed by atoms with van der Waals surface area (Å²) in [5.74, 6) is 0.859. The first-order valence-electron chi connectivity index (χ1n) is 11.1. The molecule has 3 aliphatic heterocycles. The highest BCUT2D eigenvalue weighted by molar-refractivity contribution is 6.34. The van der Waals surface area contributed by atoms with E-state index < -0.39 is 0 Å². The van der Waals surface area contributed by atoms with E-state index in [9.17, 15) is 0 Å². The molecule has 0 radical (unpaired) electrons. The summed E-state index contributed by atoms with van der Waals surface area (Å²) in [4.78, 5) is 2.65. The summed E-state index contributed by atoms with van der Waals surface area (Å²) in [6.07, 6.45) is 2.58. The molecule has 3 aromatic carbocycles. The highest BCUT2D eigenvalue weighted by atomic mass is 35.5. The Labute approximate surface area is 194 Å². The lowest BCUT2D eigenvalue weighted by molar-refractivity contribution is -0.120. The third-order valence-electron chi connectivity index (χ3n) is 6.82. The number of hydrogen-bond acceptors (Lipinski definition) is 2. The number of hydrogen-bond donors (Lipinski definition) is 0. The van der Waals surface area contributed by atoms with Gasteiger partial charge in [0.05, 0.1) is 12.7 Å². The second-order valence-corrected chi connectivity index (χ2v) is 9.59. The van der Waals surface area contributed by atoms with E-state index in [0.29, 0.717) is 28.6 Å². The molecule has 3 fully saturated rings. The van der Waals surface area contributed by atoms with Crippen molar-refractivity contribution in [2.75, 3.05) is 13.1 Å². The molecule has 3 aliphatic rings. The molecule has 0 aliphatic carbocycles. The largest absolute Gasteiger partial charge is 0.372 e. The third kappa shape index (κ3) is 4.54. The number of benzene rings is 3. The maximum atomic E-state index is 6.69. The Hall–Kier alpha value is -1.84. The van der Waals surface area contributed by atoms with Gasteiger partial charge in [0, 0.05) is 22.0 Å². The predicted molar refractivity (Wildman–Crippen MR) is 128 cm³/mol. The quantitative estimate of drug-likeness (QED) is 0.408. The van der Waals surface area contributed by atoms with E-state index in [1.165, 1.54) is 24.0 Å². The van der Waals surface area contributed by atoms with Crippen molar-refractivity contribution in [3.8, 4) is 0 Å². The van der Waals surface area contributed by atoms with Crippen LogP contribution in [0, 0.1) is 5.92 Å². The molecule has 3 heterocycles. The van der Waals surface area contributed by atoms with Crippen LogP contribution in [0.15, 0.2) is 78.9 Å². The lowest BCUT2D eigenvalue weighted by Crippen LogP contribution is -2.60. The summed E-state index contributed by atoms with van der Waals surface area (Å²) < 4.78 is 6.69. The number of ether oxygens (including phenoxy) is 1. The Kier molecular flexibility index (Phi) is 6.34. The molecule has 0 amide bonds. The molecule has 2 bridgehead atoms.